The fraction of sp³-hybridized carbons (Fsp3) is 0.259. The molecule has 2 aromatic carbocycles. The first-order chi connectivity index (χ1) is 17.1. The maximum atomic E-state index is 13.3. The second-order valence-corrected chi connectivity index (χ2v) is 8.28. The van der Waals surface area contributed by atoms with E-state index in [2.05, 4.69) is 4.98 Å². The van der Waals surface area contributed by atoms with Crippen molar-refractivity contribution in [1.82, 2.24) is 14.8 Å². The number of nitrogens with two attached hydrogens (primary N) is 1. The van der Waals surface area contributed by atoms with Gasteiger partial charge in [0.1, 0.15) is 0 Å². The van der Waals surface area contributed by atoms with E-state index in [1.807, 2.05) is 60.7 Å². The lowest BCUT2D eigenvalue weighted by molar-refractivity contribution is -0.160. The zero-order valence-electron chi connectivity index (χ0n) is 19.3. The van der Waals surface area contributed by atoms with E-state index in [1.165, 1.54) is 9.80 Å². The highest BCUT2D eigenvalue weighted by Crippen LogP contribution is 2.30. The van der Waals surface area contributed by atoms with Crippen LogP contribution in [0.25, 0.3) is 0 Å². The summed E-state index contributed by atoms with van der Waals surface area (Å²) in [6.45, 7) is 1.23. The topological polar surface area (TPSA) is 106 Å². The molecule has 2 N–H and O–H groups in total. The maximum Gasteiger partial charge on any atom is 0.312 e. The predicted octanol–water partition coefficient (Wildman–Crippen LogP) is 2.48. The summed E-state index contributed by atoms with van der Waals surface area (Å²) in [5.74, 6) is -1.76. The van der Waals surface area contributed by atoms with Crippen LogP contribution in [0, 0.1) is 0 Å². The van der Waals surface area contributed by atoms with Crippen molar-refractivity contribution in [2.75, 3.05) is 26.2 Å². The van der Waals surface area contributed by atoms with Crippen molar-refractivity contribution in [3.63, 3.8) is 0 Å². The third kappa shape index (κ3) is 5.73. The van der Waals surface area contributed by atoms with Crippen LogP contribution < -0.4 is 5.73 Å². The molecule has 2 heterocycles. The van der Waals surface area contributed by atoms with Crippen LogP contribution >= 0.6 is 0 Å². The lowest BCUT2D eigenvalue weighted by atomic mass is 10.0. The van der Waals surface area contributed by atoms with Gasteiger partial charge in [-0.1, -0.05) is 66.7 Å². The van der Waals surface area contributed by atoms with E-state index < -0.39 is 29.9 Å². The second kappa shape index (κ2) is 11.4. The third-order valence-electron chi connectivity index (χ3n) is 6.00. The minimum atomic E-state index is -0.681. The minimum Gasteiger partial charge on any atom is -0.452 e. The summed E-state index contributed by atoms with van der Waals surface area (Å²) in [4.78, 5) is 46.0. The van der Waals surface area contributed by atoms with Crippen LogP contribution in [0.5, 0.6) is 0 Å². The first-order valence-corrected chi connectivity index (χ1v) is 11.6. The summed E-state index contributed by atoms with van der Waals surface area (Å²) in [5.41, 5.74) is 7.91. The number of hydrogen-bond acceptors (Lipinski definition) is 6. The molecule has 8 nitrogen and oxygen atoms in total. The number of esters is 1. The Balaban J connectivity index is 1.58. The van der Waals surface area contributed by atoms with Gasteiger partial charge in [-0.2, -0.15) is 0 Å². The number of hydrogen-bond donors (Lipinski definition) is 1. The highest BCUT2D eigenvalue weighted by Gasteiger charge is 2.38. The molecule has 1 atom stereocenters. The fourth-order valence-corrected chi connectivity index (χ4v) is 4.26. The van der Waals surface area contributed by atoms with Gasteiger partial charge in [-0.05, 0) is 22.8 Å². The number of carbonyl (C=O) groups excluding carboxylic acids is 3. The van der Waals surface area contributed by atoms with Gasteiger partial charge < -0.3 is 20.3 Å². The van der Waals surface area contributed by atoms with Crippen molar-refractivity contribution in [3.05, 3.63) is 102 Å². The van der Waals surface area contributed by atoms with Gasteiger partial charge in [-0.25, -0.2) is 0 Å². The van der Waals surface area contributed by atoms with Crippen LogP contribution in [0.15, 0.2) is 85.2 Å². The van der Waals surface area contributed by atoms with E-state index in [-0.39, 0.29) is 19.5 Å². The van der Waals surface area contributed by atoms with E-state index in [9.17, 15) is 14.4 Å². The van der Waals surface area contributed by atoms with Gasteiger partial charge in [0.2, 0.25) is 0 Å². The SMILES string of the molecule is NCCN1CCN(C(CC(=O)OC(c2ccccc2)c2ccccc2)c2cccnc2)C(=O)C1=O. The quantitative estimate of drug-likeness (QED) is 0.379. The van der Waals surface area contributed by atoms with Crippen LogP contribution in [0.1, 0.15) is 35.3 Å². The number of amides is 2. The maximum absolute atomic E-state index is 13.3. The van der Waals surface area contributed by atoms with Gasteiger partial charge >= 0.3 is 17.8 Å². The number of piperazine rings is 1. The summed E-state index contributed by atoms with van der Waals surface area (Å²) in [6.07, 6.45) is 2.51. The lowest BCUT2D eigenvalue weighted by Crippen LogP contribution is -2.56. The van der Waals surface area contributed by atoms with Gasteiger partial charge in [0.05, 0.1) is 12.5 Å². The molecule has 0 radical (unpaired) electrons. The largest absolute Gasteiger partial charge is 0.452 e. The minimum absolute atomic E-state index is 0.113. The molecule has 0 aliphatic carbocycles. The Kier molecular flexibility index (Phi) is 7.84. The van der Waals surface area contributed by atoms with E-state index in [0.717, 1.165) is 11.1 Å². The first kappa shape index (κ1) is 24.1. The molecule has 4 rings (SSSR count). The molecule has 180 valence electrons. The monoisotopic (exact) mass is 472 g/mol. The Morgan fingerprint density at radius 1 is 0.886 bits per heavy atom. The highest BCUT2D eigenvalue weighted by molar-refractivity contribution is 6.35. The number of carbonyl (C=O) groups is 3. The smallest absolute Gasteiger partial charge is 0.312 e. The number of rotatable bonds is 9. The number of pyridine rings is 1. The van der Waals surface area contributed by atoms with Crippen molar-refractivity contribution >= 4 is 17.8 Å². The normalized spacial score (nSPS) is 14.8. The van der Waals surface area contributed by atoms with E-state index >= 15 is 0 Å². The summed E-state index contributed by atoms with van der Waals surface area (Å²) < 4.78 is 5.98. The van der Waals surface area contributed by atoms with Crippen LogP contribution in [0.4, 0.5) is 0 Å². The van der Waals surface area contributed by atoms with Gasteiger partial charge in [-0.3, -0.25) is 19.4 Å². The van der Waals surface area contributed by atoms with Gasteiger partial charge in [0, 0.05) is 38.6 Å². The molecule has 2 amide bonds. The van der Waals surface area contributed by atoms with Crippen molar-refractivity contribution in [3.8, 4) is 0 Å². The van der Waals surface area contributed by atoms with Crippen LogP contribution in [-0.2, 0) is 19.1 Å². The zero-order chi connectivity index (χ0) is 24.6. The molecule has 1 aliphatic rings. The number of aromatic nitrogens is 1. The van der Waals surface area contributed by atoms with Crippen molar-refractivity contribution in [2.24, 2.45) is 5.73 Å². The summed E-state index contributed by atoms with van der Waals surface area (Å²) in [5, 5.41) is 0. The molecular weight excluding hydrogens is 444 g/mol. The van der Waals surface area contributed by atoms with E-state index in [1.54, 1.807) is 24.5 Å². The Morgan fingerprint density at radius 3 is 2.09 bits per heavy atom. The summed E-state index contributed by atoms with van der Waals surface area (Å²) in [6, 6.07) is 21.8. The Labute approximate surface area is 204 Å². The molecule has 3 aromatic rings. The van der Waals surface area contributed by atoms with Gasteiger partial charge in [-0.15, -0.1) is 0 Å². The summed E-state index contributed by atoms with van der Waals surface area (Å²) >= 11 is 0. The zero-order valence-corrected chi connectivity index (χ0v) is 19.3. The molecule has 0 bridgehead atoms. The molecule has 1 aromatic heterocycles. The Hall–Kier alpha value is -4.04. The van der Waals surface area contributed by atoms with E-state index in [0.29, 0.717) is 18.7 Å². The number of nitrogens with zero attached hydrogens (tertiary/aromatic N) is 3. The van der Waals surface area contributed by atoms with Crippen LogP contribution in [0.2, 0.25) is 0 Å². The average molecular weight is 473 g/mol. The lowest BCUT2D eigenvalue weighted by Gasteiger charge is -2.38. The van der Waals surface area contributed by atoms with Crippen molar-refractivity contribution in [1.29, 1.82) is 0 Å². The predicted molar refractivity (Wildman–Crippen MR) is 130 cm³/mol. The van der Waals surface area contributed by atoms with Crippen molar-refractivity contribution in [2.45, 2.75) is 18.6 Å². The molecular formula is C27H28N4O4. The molecule has 35 heavy (non-hydrogen) atoms. The molecule has 0 spiro atoms. The first-order valence-electron chi connectivity index (χ1n) is 11.6. The Morgan fingerprint density at radius 2 is 1.51 bits per heavy atom. The molecule has 0 saturated carbocycles. The second-order valence-electron chi connectivity index (χ2n) is 8.28. The van der Waals surface area contributed by atoms with Crippen molar-refractivity contribution < 1.29 is 19.1 Å². The van der Waals surface area contributed by atoms with Crippen LogP contribution in [-0.4, -0.2) is 58.7 Å². The summed E-state index contributed by atoms with van der Waals surface area (Å²) in [7, 11) is 0. The fourth-order valence-electron chi connectivity index (χ4n) is 4.26. The molecule has 1 aliphatic heterocycles. The number of ether oxygens (including phenoxy) is 1. The standard InChI is InChI=1S/C27H28N4O4/c28-13-15-30-16-17-31(27(34)26(30)33)23(22-12-7-14-29-19-22)18-24(32)35-25(20-8-3-1-4-9-20)21-10-5-2-6-11-21/h1-12,14,19,23,25H,13,15-18,28H2. The van der Waals surface area contributed by atoms with Gasteiger partial charge in [0.25, 0.3) is 0 Å². The molecule has 1 fully saturated rings. The average Bonchev–Trinajstić information content (AvgIpc) is 2.90. The third-order valence-corrected chi connectivity index (χ3v) is 6.00. The molecule has 1 unspecified atom stereocenters. The molecule has 1 saturated heterocycles. The molecule has 8 heteroatoms. The van der Waals surface area contributed by atoms with Crippen LogP contribution in [0.3, 0.4) is 0 Å². The highest BCUT2D eigenvalue weighted by atomic mass is 16.5. The van der Waals surface area contributed by atoms with E-state index in [4.69, 9.17) is 10.5 Å². The Bertz CT molecular complexity index is 1100. The number of benzene rings is 2. The van der Waals surface area contributed by atoms with Gasteiger partial charge in [0.15, 0.2) is 6.10 Å².